The van der Waals surface area contributed by atoms with Crippen LogP contribution in [0.3, 0.4) is 0 Å². The van der Waals surface area contributed by atoms with Gasteiger partial charge in [-0.1, -0.05) is 99.9 Å². The first kappa shape index (κ1) is 19.5. The van der Waals surface area contributed by atoms with Gasteiger partial charge in [-0.05, 0) is 10.4 Å². The quantitative estimate of drug-likeness (QED) is 0.547. The number of hydrogen-bond donors (Lipinski definition) is 0. The summed E-state index contributed by atoms with van der Waals surface area (Å²) in [5, 5.41) is 2.61. The van der Waals surface area contributed by atoms with E-state index in [9.17, 15) is 0 Å². The molecule has 3 heteroatoms. The van der Waals surface area contributed by atoms with Crippen LogP contribution < -0.4 is 10.4 Å². The molecule has 0 aliphatic heterocycles. The van der Waals surface area contributed by atoms with Crippen molar-refractivity contribution in [1.82, 2.24) is 0 Å². The van der Waals surface area contributed by atoms with Gasteiger partial charge in [0.1, 0.15) is 16.1 Å². The van der Waals surface area contributed by atoms with Crippen LogP contribution in [0.25, 0.3) is 0 Å². The molecule has 0 bridgehead atoms. The van der Waals surface area contributed by atoms with Crippen molar-refractivity contribution < 1.29 is 0 Å². The second kappa shape index (κ2) is 7.62. The highest BCUT2D eigenvalue weighted by molar-refractivity contribution is 7.14. The average Bonchev–Trinajstić information content (AvgIpc) is 2.55. The number of benzene rings is 2. The first-order valence-corrected chi connectivity index (χ1v) is 17.8. The highest BCUT2D eigenvalue weighted by Crippen LogP contribution is 2.08. The predicted molar refractivity (Wildman–Crippen MR) is 120 cm³/mol. The highest BCUT2D eigenvalue weighted by Gasteiger charge is 2.35. The fourth-order valence-corrected chi connectivity index (χ4v) is 9.28. The summed E-state index contributed by atoms with van der Waals surface area (Å²) in [6, 6.07) is 21.5. The lowest BCUT2D eigenvalue weighted by Gasteiger charge is -2.23. The van der Waals surface area contributed by atoms with Crippen LogP contribution in [0.5, 0.6) is 0 Å². The molecule has 0 unspecified atom stereocenters. The average molecular weight is 377 g/mol. The Balaban J connectivity index is 2.82. The Morgan fingerprint density at radius 3 is 1.08 bits per heavy atom. The SMILES string of the molecule is C[Si](C)(C)C#C[Si](C#C[Si](C)(C)C)(c1ccccc1)c1ccccc1. The van der Waals surface area contributed by atoms with Gasteiger partial charge in [0.2, 0.25) is 0 Å². The minimum absolute atomic E-state index is 1.30. The largest absolute Gasteiger partial charge is 0.274 e. The third-order valence-corrected chi connectivity index (χ3v) is 9.31. The first-order valence-electron chi connectivity index (χ1n) is 8.82. The van der Waals surface area contributed by atoms with E-state index in [4.69, 9.17) is 0 Å². The fourth-order valence-electron chi connectivity index (χ4n) is 2.43. The van der Waals surface area contributed by atoms with E-state index in [-0.39, 0.29) is 0 Å². The van der Waals surface area contributed by atoms with Crippen LogP contribution in [0.4, 0.5) is 0 Å². The normalized spacial score (nSPS) is 11.8. The van der Waals surface area contributed by atoms with Crippen LogP contribution in [0.1, 0.15) is 0 Å². The maximum atomic E-state index is 3.78. The topological polar surface area (TPSA) is 0 Å². The van der Waals surface area contributed by atoms with Gasteiger partial charge in [-0.2, -0.15) is 0 Å². The van der Waals surface area contributed by atoms with Crippen molar-refractivity contribution in [2.24, 2.45) is 0 Å². The van der Waals surface area contributed by atoms with Gasteiger partial charge in [-0.15, -0.1) is 22.2 Å². The summed E-state index contributed by atoms with van der Waals surface area (Å²) in [7, 11) is -5.40. The van der Waals surface area contributed by atoms with E-state index in [0.29, 0.717) is 0 Å². The summed E-state index contributed by atoms with van der Waals surface area (Å²) in [6.07, 6.45) is 0. The van der Waals surface area contributed by atoms with E-state index in [0.717, 1.165) is 0 Å². The molecule has 25 heavy (non-hydrogen) atoms. The van der Waals surface area contributed by atoms with Gasteiger partial charge in [0, 0.05) is 0 Å². The van der Waals surface area contributed by atoms with E-state index in [2.05, 4.69) is 122 Å². The molecule has 0 saturated heterocycles. The summed E-state index contributed by atoms with van der Waals surface area (Å²) in [6.45, 7) is 13.8. The van der Waals surface area contributed by atoms with E-state index in [1.165, 1.54) is 10.4 Å². The summed E-state index contributed by atoms with van der Waals surface area (Å²) < 4.78 is 0. The van der Waals surface area contributed by atoms with Crippen molar-refractivity contribution in [3.63, 3.8) is 0 Å². The summed E-state index contributed by atoms with van der Waals surface area (Å²) in [4.78, 5) is 0. The smallest absolute Gasteiger partial charge is 0.137 e. The molecule has 0 fully saturated rings. The standard InChI is InChI=1S/C22H28Si3/c1-23(2,3)17-19-25(20-18-24(4,5)6,21-13-9-7-10-14-21)22-15-11-8-12-16-22/h7-16H,1-6H3. The maximum absolute atomic E-state index is 3.78. The molecular weight excluding hydrogens is 349 g/mol. The van der Waals surface area contributed by atoms with E-state index >= 15 is 0 Å². The Morgan fingerprint density at radius 1 is 0.480 bits per heavy atom. The second-order valence-electron chi connectivity index (χ2n) is 8.48. The summed E-state index contributed by atoms with van der Waals surface area (Å²) in [5.41, 5.74) is 14.9. The predicted octanol–water partition coefficient (Wildman–Crippen LogP) is 4.09. The monoisotopic (exact) mass is 376 g/mol. The van der Waals surface area contributed by atoms with Crippen molar-refractivity contribution in [1.29, 1.82) is 0 Å². The van der Waals surface area contributed by atoms with Gasteiger partial charge in [0.05, 0.1) is 0 Å². The van der Waals surface area contributed by atoms with Gasteiger partial charge < -0.3 is 0 Å². The molecule has 0 radical (unpaired) electrons. The zero-order chi connectivity index (χ0) is 18.6. The van der Waals surface area contributed by atoms with Crippen molar-refractivity contribution in [2.45, 2.75) is 39.3 Å². The Labute approximate surface area is 156 Å². The van der Waals surface area contributed by atoms with Crippen molar-refractivity contribution in [2.75, 3.05) is 0 Å². The lowest BCUT2D eigenvalue weighted by atomic mass is 10.4. The zero-order valence-electron chi connectivity index (χ0n) is 16.3. The molecule has 0 saturated carbocycles. The lowest BCUT2D eigenvalue weighted by Crippen LogP contribution is -2.57. The lowest BCUT2D eigenvalue weighted by molar-refractivity contribution is 1.72. The van der Waals surface area contributed by atoms with Crippen molar-refractivity contribution in [3.8, 4) is 22.2 Å². The number of rotatable bonds is 2. The van der Waals surface area contributed by atoms with Crippen LogP contribution in [0.15, 0.2) is 60.7 Å². The van der Waals surface area contributed by atoms with Crippen LogP contribution in [-0.4, -0.2) is 24.2 Å². The molecule has 0 N–H and O–H groups in total. The molecule has 0 amide bonds. The Kier molecular flexibility index (Phi) is 5.95. The molecule has 0 aliphatic rings. The van der Waals surface area contributed by atoms with Gasteiger partial charge >= 0.3 is 0 Å². The fraction of sp³-hybridized carbons (Fsp3) is 0.273. The van der Waals surface area contributed by atoms with Gasteiger partial charge in [-0.3, -0.25) is 0 Å². The molecule has 0 aliphatic carbocycles. The third kappa shape index (κ3) is 5.61. The second-order valence-corrected chi connectivity index (χ2v) is 21.1. The molecule has 0 atom stereocenters. The third-order valence-electron chi connectivity index (χ3n) is 3.66. The van der Waals surface area contributed by atoms with Crippen molar-refractivity contribution in [3.05, 3.63) is 60.7 Å². The molecule has 2 rings (SSSR count). The Bertz CT molecular complexity index is 744. The molecular formula is C22H28Si3. The Hall–Kier alpha value is -1.79. The van der Waals surface area contributed by atoms with Crippen molar-refractivity contribution >= 4 is 34.6 Å². The first-order chi connectivity index (χ1) is 11.6. The van der Waals surface area contributed by atoms with Crippen LogP contribution in [0.2, 0.25) is 39.3 Å². The number of hydrogen-bond acceptors (Lipinski definition) is 0. The Morgan fingerprint density at radius 2 is 0.800 bits per heavy atom. The van der Waals surface area contributed by atoms with E-state index in [1.807, 2.05) is 0 Å². The van der Waals surface area contributed by atoms with Gasteiger partial charge in [0.15, 0.2) is 0 Å². The molecule has 0 aromatic heterocycles. The molecule has 0 nitrogen and oxygen atoms in total. The zero-order valence-corrected chi connectivity index (χ0v) is 19.3. The summed E-state index contributed by atoms with van der Waals surface area (Å²) in [5.74, 6) is 0. The molecule has 0 heterocycles. The van der Waals surface area contributed by atoms with E-state index in [1.54, 1.807) is 0 Å². The van der Waals surface area contributed by atoms with Gasteiger partial charge in [-0.25, -0.2) is 0 Å². The maximum Gasteiger partial charge on any atom is 0.274 e. The van der Waals surface area contributed by atoms with Crippen LogP contribution in [-0.2, 0) is 0 Å². The highest BCUT2D eigenvalue weighted by atomic mass is 28.3. The minimum atomic E-state index is -2.42. The minimum Gasteiger partial charge on any atom is -0.137 e. The van der Waals surface area contributed by atoms with E-state index < -0.39 is 24.2 Å². The molecule has 2 aromatic rings. The van der Waals surface area contributed by atoms with Gasteiger partial charge in [0.25, 0.3) is 8.07 Å². The molecule has 2 aromatic carbocycles. The summed E-state index contributed by atoms with van der Waals surface area (Å²) >= 11 is 0. The van der Waals surface area contributed by atoms with Crippen LogP contribution >= 0.6 is 0 Å². The molecule has 0 spiro atoms. The molecule has 128 valence electrons. The van der Waals surface area contributed by atoms with Crippen LogP contribution in [0, 0.1) is 22.2 Å².